The van der Waals surface area contributed by atoms with Crippen LogP contribution >= 0.6 is 0 Å². The van der Waals surface area contributed by atoms with Gasteiger partial charge in [0.25, 0.3) is 5.91 Å². The molecule has 0 aliphatic rings. The molecule has 0 atom stereocenters. The van der Waals surface area contributed by atoms with Gasteiger partial charge in [-0.25, -0.2) is 5.48 Å². The first-order valence-electron chi connectivity index (χ1n) is 5.21. The van der Waals surface area contributed by atoms with Gasteiger partial charge >= 0.3 is 0 Å². The highest BCUT2D eigenvalue weighted by Gasteiger charge is 2.19. The molecule has 5 nitrogen and oxygen atoms in total. The minimum absolute atomic E-state index is 0.252. The highest BCUT2D eigenvalue weighted by Crippen LogP contribution is 2.12. The van der Waals surface area contributed by atoms with Crippen molar-refractivity contribution in [3.05, 3.63) is 17.0 Å². The van der Waals surface area contributed by atoms with Gasteiger partial charge in [-0.15, -0.1) is 0 Å². The molecule has 0 aliphatic heterocycles. The van der Waals surface area contributed by atoms with Gasteiger partial charge in [-0.2, -0.15) is 5.10 Å². The van der Waals surface area contributed by atoms with Gasteiger partial charge in [0.15, 0.2) is 0 Å². The van der Waals surface area contributed by atoms with Gasteiger partial charge in [-0.1, -0.05) is 0 Å². The largest absolute Gasteiger partial charge is 0.278 e. The lowest BCUT2D eigenvalue weighted by Gasteiger charge is -2.18. The number of amides is 1. The van der Waals surface area contributed by atoms with Gasteiger partial charge < -0.3 is 0 Å². The van der Waals surface area contributed by atoms with Crippen LogP contribution in [0.1, 0.15) is 42.5 Å². The Hall–Kier alpha value is -1.36. The van der Waals surface area contributed by atoms with Crippen molar-refractivity contribution in [1.82, 2.24) is 15.3 Å². The molecule has 1 amide bonds. The quantitative estimate of drug-likeness (QED) is 0.776. The number of carbonyl (C=O) groups is 1. The maximum atomic E-state index is 11.9. The molecule has 1 rings (SSSR count). The molecule has 1 N–H and O–H groups in total. The molecular weight excluding hydrogens is 206 g/mol. The summed E-state index contributed by atoms with van der Waals surface area (Å²) in [7, 11) is 1.81. The van der Waals surface area contributed by atoms with E-state index < -0.39 is 5.60 Å². The van der Waals surface area contributed by atoms with Gasteiger partial charge in [0.2, 0.25) is 0 Å². The molecule has 1 heterocycles. The first-order chi connectivity index (χ1) is 7.22. The highest BCUT2D eigenvalue weighted by molar-refractivity contribution is 5.95. The summed E-state index contributed by atoms with van der Waals surface area (Å²) >= 11 is 0. The summed E-state index contributed by atoms with van der Waals surface area (Å²) in [5.74, 6) is -0.252. The number of nitrogens with one attached hydrogen (secondary N) is 1. The summed E-state index contributed by atoms with van der Waals surface area (Å²) < 4.78 is 1.68. The van der Waals surface area contributed by atoms with Gasteiger partial charge in [0.1, 0.15) is 0 Å². The summed E-state index contributed by atoms with van der Waals surface area (Å²) in [5, 5.41) is 4.18. The summed E-state index contributed by atoms with van der Waals surface area (Å²) in [6.45, 7) is 9.27. The van der Waals surface area contributed by atoms with Crippen LogP contribution < -0.4 is 5.48 Å². The van der Waals surface area contributed by atoms with E-state index in [0.717, 1.165) is 5.69 Å². The first-order valence-corrected chi connectivity index (χ1v) is 5.21. The second-order valence-electron chi connectivity index (χ2n) is 4.82. The first kappa shape index (κ1) is 12.7. The summed E-state index contributed by atoms with van der Waals surface area (Å²) in [6.07, 6.45) is 0. The third-order valence-corrected chi connectivity index (χ3v) is 2.19. The Morgan fingerprint density at radius 2 is 1.94 bits per heavy atom. The van der Waals surface area contributed by atoms with Crippen molar-refractivity contribution in [3.63, 3.8) is 0 Å². The number of aryl methyl sites for hydroxylation is 2. The molecule has 5 heteroatoms. The number of hydrogen-bond donors (Lipinski definition) is 1. The Morgan fingerprint density at radius 1 is 1.38 bits per heavy atom. The Kier molecular flexibility index (Phi) is 3.38. The van der Waals surface area contributed by atoms with Crippen molar-refractivity contribution in [2.24, 2.45) is 7.05 Å². The number of hydroxylamine groups is 1. The molecule has 90 valence electrons. The van der Waals surface area contributed by atoms with Crippen LogP contribution in [0.25, 0.3) is 0 Å². The number of nitrogens with zero attached hydrogens (tertiary/aromatic N) is 2. The second kappa shape index (κ2) is 4.25. The van der Waals surface area contributed by atoms with Gasteiger partial charge in [0.05, 0.1) is 16.9 Å². The zero-order valence-electron chi connectivity index (χ0n) is 10.7. The topological polar surface area (TPSA) is 56.2 Å². The maximum Gasteiger partial charge on any atom is 0.278 e. The van der Waals surface area contributed by atoms with Crippen LogP contribution in [-0.4, -0.2) is 21.3 Å². The van der Waals surface area contributed by atoms with Crippen LogP contribution in [-0.2, 0) is 11.9 Å². The summed E-state index contributed by atoms with van der Waals surface area (Å²) in [4.78, 5) is 17.1. The van der Waals surface area contributed by atoms with Crippen LogP contribution in [0, 0.1) is 13.8 Å². The summed E-state index contributed by atoms with van der Waals surface area (Å²) in [5.41, 5.74) is 4.14. The molecule has 0 unspecified atom stereocenters. The lowest BCUT2D eigenvalue weighted by atomic mass is 10.2. The SMILES string of the molecule is Cc1nn(C)c(C)c1C(=O)NOC(C)(C)C. The molecule has 1 aromatic heterocycles. The molecule has 0 fully saturated rings. The average molecular weight is 225 g/mol. The third kappa shape index (κ3) is 2.82. The predicted molar refractivity (Wildman–Crippen MR) is 61.0 cm³/mol. The van der Waals surface area contributed by atoms with Crippen LogP contribution in [0.4, 0.5) is 0 Å². The second-order valence-corrected chi connectivity index (χ2v) is 4.82. The standard InChI is InChI=1S/C11H19N3O2/c1-7-9(8(2)14(6)12-7)10(15)13-16-11(3,4)5/h1-6H3,(H,13,15). The molecule has 0 bridgehead atoms. The molecule has 1 aromatic rings. The molecule has 0 aromatic carbocycles. The minimum Gasteiger partial charge on any atom is -0.272 e. The number of aromatic nitrogens is 2. The van der Waals surface area contributed by atoms with E-state index in [1.807, 2.05) is 34.7 Å². The van der Waals surface area contributed by atoms with Crippen molar-refractivity contribution >= 4 is 5.91 Å². The van der Waals surface area contributed by atoms with Crippen molar-refractivity contribution in [3.8, 4) is 0 Å². The van der Waals surface area contributed by atoms with Crippen molar-refractivity contribution in [2.45, 2.75) is 40.2 Å². The fourth-order valence-corrected chi connectivity index (χ4v) is 1.35. The van der Waals surface area contributed by atoms with E-state index >= 15 is 0 Å². The lowest BCUT2D eigenvalue weighted by molar-refractivity contribution is -0.0590. The number of rotatable bonds is 2. The van der Waals surface area contributed by atoms with Gasteiger partial charge in [0, 0.05) is 12.7 Å². The normalized spacial score (nSPS) is 11.6. The Morgan fingerprint density at radius 3 is 2.31 bits per heavy atom. The van der Waals surface area contributed by atoms with E-state index in [-0.39, 0.29) is 5.91 Å². The fourth-order valence-electron chi connectivity index (χ4n) is 1.35. The van der Waals surface area contributed by atoms with Crippen LogP contribution in [0.2, 0.25) is 0 Å². The van der Waals surface area contributed by atoms with E-state index in [4.69, 9.17) is 4.84 Å². The van der Waals surface area contributed by atoms with Crippen LogP contribution in [0.5, 0.6) is 0 Å². The van der Waals surface area contributed by atoms with E-state index in [1.165, 1.54) is 0 Å². The lowest BCUT2D eigenvalue weighted by Crippen LogP contribution is -2.34. The summed E-state index contributed by atoms with van der Waals surface area (Å²) in [6, 6.07) is 0. The fraction of sp³-hybridized carbons (Fsp3) is 0.636. The smallest absolute Gasteiger partial charge is 0.272 e. The minimum atomic E-state index is -0.403. The monoisotopic (exact) mass is 225 g/mol. The van der Waals surface area contributed by atoms with Gasteiger partial charge in [-0.3, -0.25) is 14.3 Å². The predicted octanol–water partition coefficient (Wildman–Crippen LogP) is 1.50. The Balaban J connectivity index is 2.81. The number of hydrogen-bond acceptors (Lipinski definition) is 3. The number of carbonyl (C=O) groups excluding carboxylic acids is 1. The molecule has 0 saturated carbocycles. The van der Waals surface area contributed by atoms with Gasteiger partial charge in [-0.05, 0) is 34.6 Å². The molecular formula is C11H19N3O2. The molecule has 0 aliphatic carbocycles. The van der Waals surface area contributed by atoms with E-state index in [2.05, 4.69) is 10.6 Å². The van der Waals surface area contributed by atoms with Crippen molar-refractivity contribution < 1.29 is 9.63 Å². The zero-order valence-corrected chi connectivity index (χ0v) is 10.7. The van der Waals surface area contributed by atoms with E-state index in [9.17, 15) is 4.79 Å². The van der Waals surface area contributed by atoms with Crippen LogP contribution in [0.3, 0.4) is 0 Å². The Labute approximate surface area is 95.7 Å². The maximum absolute atomic E-state index is 11.9. The average Bonchev–Trinajstić information content (AvgIpc) is 2.36. The highest BCUT2D eigenvalue weighted by atomic mass is 16.7. The van der Waals surface area contributed by atoms with Crippen LogP contribution in [0.15, 0.2) is 0 Å². The van der Waals surface area contributed by atoms with Crippen molar-refractivity contribution in [2.75, 3.05) is 0 Å². The van der Waals surface area contributed by atoms with E-state index in [0.29, 0.717) is 11.3 Å². The molecule has 0 spiro atoms. The molecule has 0 radical (unpaired) electrons. The van der Waals surface area contributed by atoms with E-state index in [1.54, 1.807) is 11.6 Å². The zero-order chi connectivity index (χ0) is 12.5. The molecule has 16 heavy (non-hydrogen) atoms. The molecule has 0 saturated heterocycles. The Bertz CT molecular complexity index is 402. The third-order valence-electron chi connectivity index (χ3n) is 2.19. The van der Waals surface area contributed by atoms with Crippen molar-refractivity contribution in [1.29, 1.82) is 0 Å².